The number of aromatic nitrogens is 1. The maximum atomic E-state index is 11.0. The van der Waals surface area contributed by atoms with Gasteiger partial charge in [0.1, 0.15) is 0 Å². The van der Waals surface area contributed by atoms with Crippen LogP contribution in [0.5, 0.6) is 0 Å². The van der Waals surface area contributed by atoms with Crippen molar-refractivity contribution in [3.05, 3.63) is 45.2 Å². The predicted molar refractivity (Wildman–Crippen MR) is 60.4 cm³/mol. The van der Waals surface area contributed by atoms with Gasteiger partial charge in [0.05, 0.1) is 15.3 Å². The van der Waals surface area contributed by atoms with E-state index in [1.54, 1.807) is 0 Å². The van der Waals surface area contributed by atoms with Crippen molar-refractivity contribution in [1.29, 1.82) is 0 Å². The van der Waals surface area contributed by atoms with Crippen LogP contribution in [0.2, 0.25) is 5.02 Å². The largest absolute Gasteiger partial charge is 0.476 e. The zero-order valence-electron chi connectivity index (χ0n) is 8.25. The molecule has 17 heavy (non-hydrogen) atoms. The number of non-ortho nitro benzene ring substituents is 1. The van der Waals surface area contributed by atoms with E-state index in [1.165, 1.54) is 24.4 Å². The third-order valence-electron chi connectivity index (χ3n) is 2.25. The molecule has 1 heterocycles. The van der Waals surface area contributed by atoms with Crippen LogP contribution in [0.1, 0.15) is 10.5 Å². The highest BCUT2D eigenvalue weighted by molar-refractivity contribution is 6.37. The number of pyridine rings is 1. The van der Waals surface area contributed by atoms with Gasteiger partial charge >= 0.3 is 5.97 Å². The molecular formula is C10H5ClN2O4. The molecule has 2 rings (SSSR count). The molecule has 2 aromatic rings. The number of nitrogens with zero attached hydrogens (tertiary/aromatic N) is 2. The zero-order chi connectivity index (χ0) is 12.6. The second-order valence-electron chi connectivity index (χ2n) is 3.21. The summed E-state index contributed by atoms with van der Waals surface area (Å²) < 4.78 is 0. The van der Waals surface area contributed by atoms with E-state index in [4.69, 9.17) is 16.7 Å². The number of nitro groups is 1. The topological polar surface area (TPSA) is 93.3 Å². The number of halogens is 1. The maximum Gasteiger partial charge on any atom is 0.355 e. The number of carbonyl (C=O) groups is 1. The van der Waals surface area contributed by atoms with Crippen molar-refractivity contribution in [1.82, 2.24) is 4.98 Å². The number of rotatable bonds is 2. The lowest BCUT2D eigenvalue weighted by molar-refractivity contribution is -0.383. The molecule has 1 aromatic heterocycles. The summed E-state index contributed by atoms with van der Waals surface area (Å²) in [6.07, 6.45) is 1.20. The van der Waals surface area contributed by atoms with Gasteiger partial charge in [-0.2, -0.15) is 0 Å². The minimum Gasteiger partial charge on any atom is -0.476 e. The van der Waals surface area contributed by atoms with E-state index >= 15 is 0 Å². The van der Waals surface area contributed by atoms with Crippen LogP contribution in [0, 0.1) is 10.1 Å². The summed E-state index contributed by atoms with van der Waals surface area (Å²) in [5.41, 5.74) is -0.495. The molecule has 0 saturated carbocycles. The average Bonchev–Trinajstić information content (AvgIpc) is 2.28. The molecule has 0 saturated heterocycles. The number of carboxylic acids is 1. The van der Waals surface area contributed by atoms with Gasteiger partial charge in [-0.15, -0.1) is 0 Å². The number of benzene rings is 1. The molecule has 0 unspecified atom stereocenters. The minimum absolute atomic E-state index is 0.0795. The summed E-state index contributed by atoms with van der Waals surface area (Å²) in [4.78, 5) is 24.8. The van der Waals surface area contributed by atoms with Gasteiger partial charge in [-0.05, 0) is 12.1 Å². The maximum absolute atomic E-state index is 11.0. The highest BCUT2D eigenvalue weighted by atomic mass is 35.5. The number of fused-ring (bicyclic) bond motifs is 1. The lowest BCUT2D eigenvalue weighted by Gasteiger charge is -2.04. The van der Waals surface area contributed by atoms with Gasteiger partial charge in [0, 0.05) is 17.6 Å². The molecule has 0 amide bonds. The fourth-order valence-corrected chi connectivity index (χ4v) is 1.82. The van der Waals surface area contributed by atoms with Crippen LogP contribution in [0.15, 0.2) is 24.4 Å². The smallest absolute Gasteiger partial charge is 0.355 e. The Kier molecular flexibility index (Phi) is 2.64. The van der Waals surface area contributed by atoms with E-state index in [0.717, 1.165) is 0 Å². The molecule has 0 aliphatic carbocycles. The summed E-state index contributed by atoms with van der Waals surface area (Å²) in [6.45, 7) is 0. The molecule has 0 atom stereocenters. The molecule has 0 fully saturated rings. The van der Waals surface area contributed by atoms with Crippen molar-refractivity contribution in [3.63, 3.8) is 0 Å². The summed E-state index contributed by atoms with van der Waals surface area (Å²) in [7, 11) is 0. The van der Waals surface area contributed by atoms with Crippen molar-refractivity contribution in [2.45, 2.75) is 0 Å². The van der Waals surface area contributed by atoms with Crippen molar-refractivity contribution in [3.8, 4) is 0 Å². The van der Waals surface area contributed by atoms with Gasteiger partial charge in [-0.3, -0.25) is 10.1 Å². The average molecular weight is 253 g/mol. The lowest BCUT2D eigenvalue weighted by Crippen LogP contribution is -2.02. The monoisotopic (exact) mass is 252 g/mol. The molecule has 6 nitrogen and oxygen atoms in total. The number of carboxylic acid groups (broad SMARTS) is 1. The fourth-order valence-electron chi connectivity index (χ4n) is 1.56. The molecule has 86 valence electrons. The number of aromatic carboxylic acids is 1. The van der Waals surface area contributed by atoms with Crippen LogP contribution in [-0.2, 0) is 0 Å². The Morgan fingerprint density at radius 2 is 2.12 bits per heavy atom. The van der Waals surface area contributed by atoms with E-state index in [1.807, 2.05) is 0 Å². The Bertz CT molecular complexity index is 641. The lowest BCUT2D eigenvalue weighted by atomic mass is 10.1. The highest BCUT2D eigenvalue weighted by Gasteiger charge is 2.19. The summed E-state index contributed by atoms with van der Waals surface area (Å²) in [5, 5.41) is 20.1. The van der Waals surface area contributed by atoms with Gasteiger partial charge in [0.2, 0.25) is 0 Å². The van der Waals surface area contributed by atoms with Crippen LogP contribution in [0.25, 0.3) is 10.8 Å². The summed E-state index contributed by atoms with van der Waals surface area (Å²) in [5.74, 6) is -1.28. The Balaban J connectivity index is 2.95. The zero-order valence-corrected chi connectivity index (χ0v) is 9.01. The second kappa shape index (κ2) is 3.99. The van der Waals surface area contributed by atoms with Gasteiger partial charge < -0.3 is 5.11 Å². The molecule has 1 N–H and O–H groups in total. The minimum atomic E-state index is -1.28. The van der Waals surface area contributed by atoms with E-state index in [-0.39, 0.29) is 27.2 Å². The van der Waals surface area contributed by atoms with Crippen LogP contribution < -0.4 is 0 Å². The molecule has 0 radical (unpaired) electrons. The van der Waals surface area contributed by atoms with Crippen molar-refractivity contribution in [2.75, 3.05) is 0 Å². The molecule has 0 spiro atoms. The van der Waals surface area contributed by atoms with Crippen LogP contribution in [0.3, 0.4) is 0 Å². The first-order valence-electron chi connectivity index (χ1n) is 4.47. The third-order valence-corrected chi connectivity index (χ3v) is 2.57. The van der Waals surface area contributed by atoms with Crippen molar-refractivity contribution < 1.29 is 14.8 Å². The van der Waals surface area contributed by atoms with Gasteiger partial charge in [-0.1, -0.05) is 11.6 Å². The van der Waals surface area contributed by atoms with E-state index in [2.05, 4.69) is 4.98 Å². The molecule has 0 aliphatic rings. The normalized spacial score (nSPS) is 10.4. The standard InChI is InChI=1S/C10H5ClN2O4/c11-6-1-2-7(13(16)17)5-3-4-12-9(8(5)6)10(14)15/h1-4H,(H,14,15). The van der Waals surface area contributed by atoms with E-state index in [0.29, 0.717) is 0 Å². The number of nitro benzene ring substituents is 1. The van der Waals surface area contributed by atoms with E-state index in [9.17, 15) is 14.9 Å². The molecule has 7 heteroatoms. The van der Waals surface area contributed by atoms with Gasteiger partial charge in [0.25, 0.3) is 5.69 Å². The number of hydrogen-bond acceptors (Lipinski definition) is 4. The first kappa shape index (κ1) is 11.3. The molecular weight excluding hydrogens is 248 g/mol. The van der Waals surface area contributed by atoms with Crippen molar-refractivity contribution in [2.24, 2.45) is 0 Å². The predicted octanol–water partition coefficient (Wildman–Crippen LogP) is 2.49. The number of hydrogen-bond donors (Lipinski definition) is 1. The quantitative estimate of drug-likeness (QED) is 0.655. The van der Waals surface area contributed by atoms with Gasteiger partial charge in [0.15, 0.2) is 5.69 Å². The van der Waals surface area contributed by atoms with Crippen LogP contribution >= 0.6 is 11.6 Å². The second-order valence-corrected chi connectivity index (χ2v) is 3.62. The van der Waals surface area contributed by atoms with Crippen LogP contribution in [-0.4, -0.2) is 21.0 Å². The van der Waals surface area contributed by atoms with Gasteiger partial charge in [-0.25, -0.2) is 9.78 Å². The summed E-state index contributed by atoms with van der Waals surface area (Å²) >= 11 is 5.86. The SMILES string of the molecule is O=C(O)c1nccc2c([N+](=O)[O-])ccc(Cl)c12. The highest BCUT2D eigenvalue weighted by Crippen LogP contribution is 2.32. The Morgan fingerprint density at radius 3 is 2.71 bits per heavy atom. The van der Waals surface area contributed by atoms with Crippen molar-refractivity contribution >= 4 is 34.0 Å². The molecule has 0 aliphatic heterocycles. The Hall–Kier alpha value is -2.21. The fraction of sp³-hybridized carbons (Fsp3) is 0. The Labute approximate surface area is 99.6 Å². The third kappa shape index (κ3) is 1.78. The summed E-state index contributed by atoms with van der Waals surface area (Å²) in [6, 6.07) is 3.89. The first-order chi connectivity index (χ1) is 8.02. The molecule has 0 bridgehead atoms. The van der Waals surface area contributed by atoms with E-state index < -0.39 is 10.9 Å². The molecule has 1 aromatic carbocycles. The first-order valence-corrected chi connectivity index (χ1v) is 4.85. The Morgan fingerprint density at radius 1 is 1.41 bits per heavy atom. The van der Waals surface area contributed by atoms with Crippen LogP contribution in [0.4, 0.5) is 5.69 Å².